The minimum atomic E-state index is 0.458. The van der Waals surface area contributed by atoms with Crippen LogP contribution >= 0.6 is 12.2 Å². The zero-order valence-corrected chi connectivity index (χ0v) is 10.2. The third-order valence-electron chi connectivity index (χ3n) is 5.97. The first-order chi connectivity index (χ1) is 7.14. The fourth-order valence-electron chi connectivity index (χ4n) is 5.94. The fraction of sp³-hybridized carbons (Fsp3) is 0.923. The molecule has 1 nitrogen and oxygen atoms in total. The summed E-state index contributed by atoms with van der Waals surface area (Å²) < 4.78 is 0. The summed E-state index contributed by atoms with van der Waals surface area (Å²) in [6.45, 7) is 2.06. The molecule has 0 aromatic rings. The van der Waals surface area contributed by atoms with E-state index < -0.39 is 0 Å². The molecule has 0 amide bonds. The van der Waals surface area contributed by atoms with Crippen LogP contribution in [0.2, 0.25) is 0 Å². The van der Waals surface area contributed by atoms with Crippen LogP contribution in [0.3, 0.4) is 0 Å². The molecule has 0 aromatic carbocycles. The topological polar surface area (TPSA) is 12.0 Å². The molecule has 0 aromatic heterocycles. The molecule has 0 radical (unpaired) electrons. The second-order valence-corrected chi connectivity index (χ2v) is 7.25. The van der Waals surface area contributed by atoms with Crippen molar-refractivity contribution in [3.05, 3.63) is 0 Å². The molecule has 4 aliphatic rings. The molecule has 4 rings (SSSR count). The van der Waals surface area contributed by atoms with Gasteiger partial charge in [-0.2, -0.15) is 0 Å². The highest BCUT2D eigenvalue weighted by Crippen LogP contribution is 2.77. The van der Waals surface area contributed by atoms with E-state index in [4.69, 9.17) is 12.2 Å². The van der Waals surface area contributed by atoms with E-state index in [2.05, 4.69) is 12.2 Å². The smallest absolute Gasteiger partial charge is 0.0726 e. The van der Waals surface area contributed by atoms with Crippen LogP contribution in [-0.2, 0) is 0 Å². The van der Waals surface area contributed by atoms with Gasteiger partial charge >= 0.3 is 0 Å². The first-order valence-corrected chi connectivity index (χ1v) is 6.83. The van der Waals surface area contributed by atoms with Gasteiger partial charge in [0.25, 0.3) is 0 Å². The summed E-state index contributed by atoms with van der Waals surface area (Å²) in [5, 5.41) is 3.71. The summed E-state index contributed by atoms with van der Waals surface area (Å²) in [7, 11) is 0. The maximum Gasteiger partial charge on any atom is 0.0726 e. The van der Waals surface area contributed by atoms with Crippen molar-refractivity contribution in [3.63, 3.8) is 0 Å². The highest BCUT2D eigenvalue weighted by molar-refractivity contribution is 7.80. The lowest BCUT2D eigenvalue weighted by atomic mass is 9.51. The molecule has 5 atom stereocenters. The van der Waals surface area contributed by atoms with Crippen LogP contribution in [0.25, 0.3) is 0 Å². The number of hydrogen-bond donors (Lipinski definition) is 1. The Morgan fingerprint density at radius 1 is 1.13 bits per heavy atom. The minimum Gasteiger partial charge on any atom is -0.374 e. The molecule has 82 valence electrons. The van der Waals surface area contributed by atoms with Crippen molar-refractivity contribution in [2.24, 2.45) is 23.2 Å². The maximum atomic E-state index is 5.29. The Balaban J connectivity index is 1.76. The van der Waals surface area contributed by atoms with Gasteiger partial charge in [-0.1, -0.05) is 12.2 Å². The second-order valence-electron chi connectivity index (χ2n) is 6.64. The maximum absolute atomic E-state index is 5.29. The average Bonchev–Trinajstić information content (AvgIpc) is 2.42. The van der Waals surface area contributed by atoms with E-state index >= 15 is 0 Å². The van der Waals surface area contributed by atoms with E-state index in [0.717, 1.165) is 22.7 Å². The molecule has 15 heavy (non-hydrogen) atoms. The molecule has 0 saturated heterocycles. The van der Waals surface area contributed by atoms with Crippen molar-refractivity contribution in [1.82, 2.24) is 5.32 Å². The molecular formula is C13H19NS. The molecule has 0 heterocycles. The standard InChI is InChI=1S/C13H19NS/c1-8(15)14-13-6-10-2-9-3-11(7-13)12(13,4-9)5-10/h9-11H,2-7H2,1H3,(H,14,15). The molecule has 0 aliphatic heterocycles. The van der Waals surface area contributed by atoms with Crippen LogP contribution < -0.4 is 5.32 Å². The normalized spacial score (nSPS) is 58.9. The summed E-state index contributed by atoms with van der Waals surface area (Å²) >= 11 is 5.29. The number of hydrogen-bond acceptors (Lipinski definition) is 1. The van der Waals surface area contributed by atoms with Gasteiger partial charge in [0.1, 0.15) is 0 Å². The molecule has 1 N–H and O–H groups in total. The highest BCUT2D eigenvalue weighted by atomic mass is 32.1. The summed E-state index contributed by atoms with van der Waals surface area (Å²) in [5.41, 5.74) is 1.15. The van der Waals surface area contributed by atoms with E-state index in [9.17, 15) is 0 Å². The largest absolute Gasteiger partial charge is 0.374 e. The van der Waals surface area contributed by atoms with Crippen LogP contribution in [0.15, 0.2) is 0 Å². The highest BCUT2D eigenvalue weighted by Gasteiger charge is 2.74. The molecule has 5 unspecified atom stereocenters. The van der Waals surface area contributed by atoms with E-state index in [1.54, 1.807) is 0 Å². The molecule has 3 bridgehead atoms. The molecular weight excluding hydrogens is 202 g/mol. The summed E-state index contributed by atoms with van der Waals surface area (Å²) in [6, 6.07) is 0. The summed E-state index contributed by atoms with van der Waals surface area (Å²) in [5.74, 6) is 3.15. The summed E-state index contributed by atoms with van der Waals surface area (Å²) in [4.78, 5) is 1.03. The van der Waals surface area contributed by atoms with Crippen LogP contribution in [-0.4, -0.2) is 10.5 Å². The number of thiocarbonyl (C=S) groups is 1. The fourth-order valence-corrected chi connectivity index (χ4v) is 6.14. The Hall–Kier alpha value is -0.110. The van der Waals surface area contributed by atoms with Gasteiger partial charge in [-0.3, -0.25) is 0 Å². The van der Waals surface area contributed by atoms with Gasteiger partial charge < -0.3 is 5.32 Å². The second kappa shape index (κ2) is 2.42. The van der Waals surface area contributed by atoms with Gasteiger partial charge in [0.2, 0.25) is 0 Å². The lowest BCUT2D eigenvalue weighted by Gasteiger charge is -2.59. The Kier molecular flexibility index (Phi) is 1.45. The first kappa shape index (κ1) is 8.98. The zero-order valence-electron chi connectivity index (χ0n) is 9.38. The van der Waals surface area contributed by atoms with Gasteiger partial charge in [0.15, 0.2) is 0 Å². The van der Waals surface area contributed by atoms with Crippen molar-refractivity contribution in [1.29, 1.82) is 0 Å². The zero-order chi connectivity index (χ0) is 10.3. The van der Waals surface area contributed by atoms with Gasteiger partial charge in [-0.15, -0.1) is 0 Å². The van der Waals surface area contributed by atoms with Crippen molar-refractivity contribution < 1.29 is 0 Å². The monoisotopic (exact) mass is 221 g/mol. The summed E-state index contributed by atoms with van der Waals surface area (Å²) in [6.07, 6.45) is 8.95. The van der Waals surface area contributed by atoms with Crippen molar-refractivity contribution in [2.75, 3.05) is 0 Å². The number of fused-ring (bicyclic) bond motifs is 2. The lowest BCUT2D eigenvalue weighted by Crippen LogP contribution is -2.66. The third-order valence-corrected chi connectivity index (χ3v) is 6.07. The molecule has 4 saturated carbocycles. The SMILES string of the molecule is CC(=S)NC12CC3CC4CC(C1)C2(C4)C3. The van der Waals surface area contributed by atoms with Crippen molar-refractivity contribution in [3.8, 4) is 0 Å². The van der Waals surface area contributed by atoms with Crippen molar-refractivity contribution >= 4 is 17.2 Å². The predicted molar refractivity (Wildman–Crippen MR) is 64.7 cm³/mol. The molecule has 1 spiro atoms. The van der Waals surface area contributed by atoms with Crippen LogP contribution in [0, 0.1) is 23.2 Å². The van der Waals surface area contributed by atoms with E-state index in [-0.39, 0.29) is 0 Å². The Morgan fingerprint density at radius 2 is 1.93 bits per heavy atom. The Morgan fingerprint density at radius 3 is 2.73 bits per heavy atom. The van der Waals surface area contributed by atoms with E-state index in [1.807, 2.05) is 0 Å². The molecule has 2 heteroatoms. The number of rotatable bonds is 1. The quantitative estimate of drug-likeness (QED) is 0.683. The Bertz CT molecular complexity index is 346. The minimum absolute atomic E-state index is 0.458. The first-order valence-electron chi connectivity index (χ1n) is 6.42. The van der Waals surface area contributed by atoms with Crippen LogP contribution in [0.5, 0.6) is 0 Å². The third kappa shape index (κ3) is 0.856. The average molecular weight is 221 g/mol. The van der Waals surface area contributed by atoms with E-state index in [1.165, 1.54) is 38.5 Å². The van der Waals surface area contributed by atoms with Gasteiger partial charge in [0, 0.05) is 5.54 Å². The van der Waals surface area contributed by atoms with Crippen molar-refractivity contribution in [2.45, 2.75) is 51.0 Å². The molecule has 4 fully saturated rings. The van der Waals surface area contributed by atoms with Gasteiger partial charge in [-0.05, 0) is 68.6 Å². The van der Waals surface area contributed by atoms with Crippen LogP contribution in [0.4, 0.5) is 0 Å². The van der Waals surface area contributed by atoms with E-state index in [0.29, 0.717) is 11.0 Å². The molecule has 4 aliphatic carbocycles. The van der Waals surface area contributed by atoms with Crippen LogP contribution in [0.1, 0.15) is 45.4 Å². The van der Waals surface area contributed by atoms with Gasteiger partial charge in [-0.25, -0.2) is 0 Å². The lowest BCUT2D eigenvalue weighted by molar-refractivity contribution is -0.0411. The number of nitrogens with one attached hydrogen (secondary N) is 1. The Labute approximate surface area is 97.0 Å². The predicted octanol–water partition coefficient (Wildman–Crippen LogP) is 2.89. The van der Waals surface area contributed by atoms with Gasteiger partial charge in [0.05, 0.1) is 4.99 Å².